The molecular formula is C9H15NO3S. The van der Waals surface area contributed by atoms with Crippen molar-refractivity contribution in [3.05, 3.63) is 12.7 Å². The number of carbonyl (C=O) groups excluding carboxylic acids is 1. The Hall–Kier alpha value is -0.970. The van der Waals surface area contributed by atoms with Gasteiger partial charge in [-0.15, -0.1) is 6.58 Å². The third-order valence-corrected chi connectivity index (χ3v) is 2.22. The van der Waals surface area contributed by atoms with E-state index in [1.807, 2.05) is 6.26 Å². The van der Waals surface area contributed by atoms with E-state index in [-0.39, 0.29) is 12.3 Å². The molecule has 0 aromatic carbocycles. The smallest absolute Gasteiger partial charge is 0.326 e. The van der Waals surface area contributed by atoms with Crippen molar-refractivity contribution in [2.24, 2.45) is 0 Å². The molecule has 0 aliphatic rings. The lowest BCUT2D eigenvalue weighted by Gasteiger charge is -2.12. The summed E-state index contributed by atoms with van der Waals surface area (Å²) in [6.45, 7) is 3.40. The Morgan fingerprint density at radius 1 is 1.64 bits per heavy atom. The first kappa shape index (κ1) is 13.0. The van der Waals surface area contributed by atoms with Crippen LogP contribution in [0.2, 0.25) is 0 Å². The molecule has 0 aliphatic carbocycles. The van der Waals surface area contributed by atoms with E-state index in [0.29, 0.717) is 12.2 Å². The number of amides is 1. The van der Waals surface area contributed by atoms with Crippen LogP contribution in [0.5, 0.6) is 0 Å². The molecule has 0 rings (SSSR count). The molecule has 0 heterocycles. The van der Waals surface area contributed by atoms with E-state index in [2.05, 4.69) is 11.9 Å². The lowest BCUT2D eigenvalue weighted by molar-refractivity contribution is -0.141. The first-order valence-electron chi connectivity index (χ1n) is 4.23. The second-order valence-corrected chi connectivity index (χ2v) is 3.72. The van der Waals surface area contributed by atoms with Gasteiger partial charge in [-0.1, -0.05) is 6.08 Å². The summed E-state index contributed by atoms with van der Waals surface area (Å²) in [7, 11) is 0. The highest BCUT2D eigenvalue weighted by Gasteiger charge is 2.18. The number of rotatable bonds is 7. The number of hydrogen-bond acceptors (Lipinski definition) is 3. The van der Waals surface area contributed by atoms with Gasteiger partial charge in [0, 0.05) is 6.42 Å². The summed E-state index contributed by atoms with van der Waals surface area (Å²) in [5.74, 6) is -0.573. The number of nitrogens with one attached hydrogen (secondary N) is 1. The zero-order valence-corrected chi connectivity index (χ0v) is 8.97. The Labute approximate surface area is 87.8 Å². The molecule has 5 heteroatoms. The number of carboxylic acids is 1. The maximum absolute atomic E-state index is 11.1. The summed E-state index contributed by atoms with van der Waals surface area (Å²) in [5.41, 5.74) is 0. The molecule has 0 fully saturated rings. The summed E-state index contributed by atoms with van der Waals surface area (Å²) in [6.07, 6.45) is 3.94. The number of thioether (sulfide) groups is 1. The van der Waals surface area contributed by atoms with Crippen molar-refractivity contribution in [2.75, 3.05) is 12.0 Å². The van der Waals surface area contributed by atoms with Crippen molar-refractivity contribution < 1.29 is 14.7 Å². The van der Waals surface area contributed by atoms with Gasteiger partial charge in [-0.2, -0.15) is 11.8 Å². The largest absolute Gasteiger partial charge is 0.480 e. The molecule has 0 aliphatic heterocycles. The second kappa shape index (κ2) is 7.44. The Morgan fingerprint density at radius 2 is 2.29 bits per heavy atom. The lowest BCUT2D eigenvalue weighted by Crippen LogP contribution is -2.40. The summed E-state index contributed by atoms with van der Waals surface area (Å²) in [6, 6.07) is -0.783. The SMILES string of the molecule is C=CCC(=O)NC(CCSC)C(=O)O. The van der Waals surface area contributed by atoms with Gasteiger partial charge in [-0.25, -0.2) is 4.79 Å². The molecule has 1 amide bonds. The third kappa shape index (κ3) is 5.64. The quantitative estimate of drug-likeness (QED) is 0.621. The van der Waals surface area contributed by atoms with Crippen LogP contribution in [0, 0.1) is 0 Å². The van der Waals surface area contributed by atoms with E-state index in [1.54, 1.807) is 11.8 Å². The topological polar surface area (TPSA) is 66.4 Å². The molecule has 14 heavy (non-hydrogen) atoms. The van der Waals surface area contributed by atoms with Crippen LogP contribution < -0.4 is 5.32 Å². The van der Waals surface area contributed by atoms with Gasteiger partial charge >= 0.3 is 5.97 Å². The minimum atomic E-state index is -0.989. The van der Waals surface area contributed by atoms with Gasteiger partial charge in [0.15, 0.2) is 0 Å². The molecule has 4 nitrogen and oxygen atoms in total. The predicted molar refractivity (Wildman–Crippen MR) is 57.4 cm³/mol. The standard InChI is InChI=1S/C9H15NO3S/c1-3-4-8(11)10-7(9(12)13)5-6-14-2/h3,7H,1,4-6H2,2H3,(H,10,11)(H,12,13). The highest BCUT2D eigenvalue weighted by molar-refractivity contribution is 7.98. The summed E-state index contributed by atoms with van der Waals surface area (Å²) in [4.78, 5) is 21.8. The first-order chi connectivity index (χ1) is 6.61. The van der Waals surface area contributed by atoms with E-state index in [1.165, 1.54) is 6.08 Å². The highest BCUT2D eigenvalue weighted by atomic mass is 32.2. The van der Waals surface area contributed by atoms with Crippen LogP contribution in [0.3, 0.4) is 0 Å². The van der Waals surface area contributed by atoms with Gasteiger partial charge in [0.05, 0.1) is 0 Å². The molecule has 0 bridgehead atoms. The molecule has 0 saturated heterocycles. The van der Waals surface area contributed by atoms with Gasteiger partial charge < -0.3 is 10.4 Å². The Kier molecular flexibility index (Phi) is 6.92. The number of hydrogen-bond donors (Lipinski definition) is 2. The van der Waals surface area contributed by atoms with E-state index in [9.17, 15) is 9.59 Å². The molecule has 2 N–H and O–H groups in total. The Morgan fingerprint density at radius 3 is 2.71 bits per heavy atom. The van der Waals surface area contributed by atoms with E-state index < -0.39 is 12.0 Å². The van der Waals surface area contributed by atoms with Crippen molar-refractivity contribution in [3.63, 3.8) is 0 Å². The Balaban J connectivity index is 4.01. The second-order valence-electron chi connectivity index (χ2n) is 2.73. The number of aliphatic carboxylic acids is 1. The monoisotopic (exact) mass is 217 g/mol. The van der Waals surface area contributed by atoms with Gasteiger partial charge in [-0.05, 0) is 18.4 Å². The van der Waals surface area contributed by atoms with Crippen molar-refractivity contribution in [2.45, 2.75) is 18.9 Å². The summed E-state index contributed by atoms with van der Waals surface area (Å²) >= 11 is 1.55. The van der Waals surface area contributed by atoms with Crippen LogP contribution in [-0.4, -0.2) is 35.0 Å². The minimum Gasteiger partial charge on any atom is -0.480 e. The zero-order valence-electron chi connectivity index (χ0n) is 8.16. The van der Waals surface area contributed by atoms with E-state index in [0.717, 1.165) is 0 Å². The van der Waals surface area contributed by atoms with Crippen molar-refractivity contribution in [1.29, 1.82) is 0 Å². The zero-order chi connectivity index (χ0) is 11.0. The summed E-state index contributed by atoms with van der Waals surface area (Å²) < 4.78 is 0. The van der Waals surface area contributed by atoms with Crippen LogP contribution in [0.1, 0.15) is 12.8 Å². The molecule has 80 valence electrons. The maximum atomic E-state index is 11.1. The molecule has 0 aromatic heterocycles. The van der Waals surface area contributed by atoms with Gasteiger partial charge in [-0.3, -0.25) is 4.79 Å². The molecule has 0 saturated carbocycles. The van der Waals surface area contributed by atoms with Gasteiger partial charge in [0.25, 0.3) is 0 Å². The fourth-order valence-electron chi connectivity index (χ4n) is 0.877. The fraction of sp³-hybridized carbons (Fsp3) is 0.556. The van der Waals surface area contributed by atoms with Crippen molar-refractivity contribution in [3.8, 4) is 0 Å². The number of carbonyl (C=O) groups is 2. The molecular weight excluding hydrogens is 202 g/mol. The van der Waals surface area contributed by atoms with Crippen LogP contribution in [0.4, 0.5) is 0 Å². The Bertz CT molecular complexity index is 218. The van der Waals surface area contributed by atoms with E-state index in [4.69, 9.17) is 5.11 Å². The first-order valence-corrected chi connectivity index (χ1v) is 5.63. The third-order valence-electron chi connectivity index (χ3n) is 1.57. The van der Waals surface area contributed by atoms with Gasteiger partial charge in [0.2, 0.25) is 5.91 Å². The molecule has 0 radical (unpaired) electrons. The van der Waals surface area contributed by atoms with Crippen LogP contribution in [0.25, 0.3) is 0 Å². The minimum absolute atomic E-state index is 0.156. The molecule has 0 spiro atoms. The lowest BCUT2D eigenvalue weighted by atomic mass is 10.2. The number of carboxylic acid groups (broad SMARTS) is 1. The van der Waals surface area contributed by atoms with Crippen LogP contribution >= 0.6 is 11.8 Å². The van der Waals surface area contributed by atoms with Crippen molar-refractivity contribution >= 4 is 23.6 Å². The molecule has 1 atom stereocenters. The average molecular weight is 217 g/mol. The normalized spacial score (nSPS) is 11.8. The van der Waals surface area contributed by atoms with E-state index >= 15 is 0 Å². The van der Waals surface area contributed by atoms with Crippen LogP contribution in [-0.2, 0) is 9.59 Å². The van der Waals surface area contributed by atoms with Crippen molar-refractivity contribution in [1.82, 2.24) is 5.32 Å². The van der Waals surface area contributed by atoms with Crippen LogP contribution in [0.15, 0.2) is 12.7 Å². The average Bonchev–Trinajstić information content (AvgIpc) is 2.12. The van der Waals surface area contributed by atoms with Gasteiger partial charge in [0.1, 0.15) is 6.04 Å². The summed E-state index contributed by atoms with van der Waals surface area (Å²) in [5, 5.41) is 11.2. The molecule has 1 unspecified atom stereocenters. The fourth-order valence-corrected chi connectivity index (χ4v) is 1.35. The highest BCUT2D eigenvalue weighted by Crippen LogP contribution is 2.01. The maximum Gasteiger partial charge on any atom is 0.326 e. The molecule has 0 aromatic rings. The predicted octanol–water partition coefficient (Wildman–Crippen LogP) is 0.885.